The average molecular weight is 365 g/mol. The summed E-state index contributed by atoms with van der Waals surface area (Å²) in [5, 5.41) is 0. The lowest BCUT2D eigenvalue weighted by Crippen LogP contribution is -2.30. The number of rotatable bonds is 5. The minimum atomic E-state index is -3.69. The summed E-state index contributed by atoms with van der Waals surface area (Å²) in [6, 6.07) is 8.51. The van der Waals surface area contributed by atoms with Crippen molar-refractivity contribution in [2.24, 2.45) is 0 Å². The van der Waals surface area contributed by atoms with E-state index in [1.54, 1.807) is 25.1 Å². The normalized spacial score (nSPS) is 12.0. The van der Waals surface area contributed by atoms with Gasteiger partial charge in [-0.25, -0.2) is 8.42 Å². The van der Waals surface area contributed by atoms with Gasteiger partial charge in [-0.2, -0.15) is 4.31 Å². The van der Waals surface area contributed by atoms with E-state index in [2.05, 4.69) is 0 Å². The van der Waals surface area contributed by atoms with E-state index in [4.69, 9.17) is 28.9 Å². The smallest absolute Gasteiger partial charge is 0.245 e. The van der Waals surface area contributed by atoms with E-state index >= 15 is 0 Å². The SMILES string of the molecule is CCN(Cc1cccc(N)c1)S(=O)(=O)c1cc(Cl)sc1Cl. The zero-order valence-corrected chi connectivity index (χ0v) is 14.4. The molecule has 0 aliphatic heterocycles. The molecule has 0 fully saturated rings. The molecule has 0 unspecified atom stereocenters. The number of nitrogens with two attached hydrogens (primary N) is 1. The van der Waals surface area contributed by atoms with E-state index in [9.17, 15) is 8.42 Å². The Labute approximate surface area is 138 Å². The molecule has 4 nitrogen and oxygen atoms in total. The molecular formula is C13H14Cl2N2O2S2. The van der Waals surface area contributed by atoms with E-state index in [1.807, 2.05) is 6.07 Å². The zero-order valence-electron chi connectivity index (χ0n) is 11.2. The topological polar surface area (TPSA) is 63.4 Å². The van der Waals surface area contributed by atoms with Crippen molar-refractivity contribution in [3.8, 4) is 0 Å². The van der Waals surface area contributed by atoms with Gasteiger partial charge in [0, 0.05) is 18.8 Å². The number of nitrogens with zero attached hydrogens (tertiary/aromatic N) is 1. The molecule has 2 rings (SSSR count). The second kappa shape index (κ2) is 6.54. The molecule has 0 amide bonds. The van der Waals surface area contributed by atoms with Crippen molar-refractivity contribution in [2.45, 2.75) is 18.4 Å². The van der Waals surface area contributed by atoms with Crippen LogP contribution in [0.4, 0.5) is 5.69 Å². The molecule has 114 valence electrons. The van der Waals surface area contributed by atoms with Crippen LogP contribution in [0.3, 0.4) is 0 Å². The van der Waals surface area contributed by atoms with Crippen LogP contribution in [0, 0.1) is 0 Å². The van der Waals surface area contributed by atoms with Gasteiger partial charge >= 0.3 is 0 Å². The maximum absolute atomic E-state index is 12.6. The van der Waals surface area contributed by atoms with E-state index in [1.165, 1.54) is 10.4 Å². The summed E-state index contributed by atoms with van der Waals surface area (Å²) in [7, 11) is -3.69. The van der Waals surface area contributed by atoms with Crippen molar-refractivity contribution >= 4 is 50.2 Å². The highest BCUT2D eigenvalue weighted by Crippen LogP contribution is 2.36. The first-order valence-corrected chi connectivity index (χ1v) is 9.15. The van der Waals surface area contributed by atoms with Crippen LogP contribution in [0.5, 0.6) is 0 Å². The van der Waals surface area contributed by atoms with Gasteiger partial charge in [-0.15, -0.1) is 11.3 Å². The quantitative estimate of drug-likeness (QED) is 0.819. The number of hydrogen-bond acceptors (Lipinski definition) is 4. The van der Waals surface area contributed by atoms with Crippen LogP contribution in [0.1, 0.15) is 12.5 Å². The molecule has 21 heavy (non-hydrogen) atoms. The Morgan fingerprint density at radius 3 is 2.52 bits per heavy atom. The van der Waals surface area contributed by atoms with Gasteiger partial charge in [-0.3, -0.25) is 0 Å². The molecule has 1 aromatic heterocycles. The van der Waals surface area contributed by atoms with Gasteiger partial charge in [0.25, 0.3) is 0 Å². The van der Waals surface area contributed by atoms with Crippen LogP contribution in [0.25, 0.3) is 0 Å². The molecule has 2 N–H and O–H groups in total. The van der Waals surface area contributed by atoms with Gasteiger partial charge in [-0.1, -0.05) is 42.3 Å². The summed E-state index contributed by atoms with van der Waals surface area (Å²) in [4.78, 5) is 0.0462. The van der Waals surface area contributed by atoms with Crippen molar-refractivity contribution in [3.05, 3.63) is 44.6 Å². The maximum Gasteiger partial charge on any atom is 0.245 e. The Hall–Kier alpha value is -0.790. The highest BCUT2D eigenvalue weighted by Gasteiger charge is 2.27. The molecule has 1 aromatic carbocycles. The molecule has 0 radical (unpaired) electrons. The van der Waals surface area contributed by atoms with Crippen LogP contribution in [-0.2, 0) is 16.6 Å². The standard InChI is InChI=1S/C13H14Cl2N2O2S2/c1-2-17(8-9-4-3-5-10(16)6-9)21(18,19)11-7-12(14)20-13(11)15/h3-7H,2,8,16H2,1H3. The predicted molar refractivity (Wildman–Crippen MR) is 88.5 cm³/mol. The Kier molecular flexibility index (Phi) is 5.16. The van der Waals surface area contributed by atoms with E-state index < -0.39 is 10.0 Å². The lowest BCUT2D eigenvalue weighted by molar-refractivity contribution is 0.424. The third-order valence-electron chi connectivity index (χ3n) is 2.91. The molecule has 0 saturated carbocycles. The summed E-state index contributed by atoms with van der Waals surface area (Å²) < 4.78 is 27.1. The van der Waals surface area contributed by atoms with Gasteiger partial charge in [-0.05, 0) is 23.8 Å². The van der Waals surface area contributed by atoms with Crippen molar-refractivity contribution < 1.29 is 8.42 Å². The van der Waals surface area contributed by atoms with E-state index in [-0.39, 0.29) is 15.8 Å². The highest BCUT2D eigenvalue weighted by atomic mass is 35.5. The largest absolute Gasteiger partial charge is 0.399 e. The van der Waals surface area contributed by atoms with Crippen molar-refractivity contribution in [3.63, 3.8) is 0 Å². The minimum absolute atomic E-state index is 0.0462. The Morgan fingerprint density at radius 1 is 1.29 bits per heavy atom. The summed E-state index contributed by atoms with van der Waals surface area (Å²) in [5.41, 5.74) is 7.13. The van der Waals surface area contributed by atoms with Crippen molar-refractivity contribution in [1.82, 2.24) is 4.31 Å². The second-order valence-corrected chi connectivity index (χ2v) is 8.56. The third-order valence-corrected chi connectivity index (χ3v) is 6.58. The van der Waals surface area contributed by atoms with Crippen LogP contribution in [-0.4, -0.2) is 19.3 Å². The van der Waals surface area contributed by atoms with Gasteiger partial charge in [0.1, 0.15) is 9.23 Å². The Morgan fingerprint density at radius 2 is 2.00 bits per heavy atom. The number of sulfonamides is 1. The monoisotopic (exact) mass is 364 g/mol. The second-order valence-electron chi connectivity index (χ2n) is 4.36. The minimum Gasteiger partial charge on any atom is -0.399 e. The molecule has 0 atom stereocenters. The van der Waals surface area contributed by atoms with Gasteiger partial charge in [0.05, 0.1) is 4.34 Å². The first-order valence-electron chi connectivity index (χ1n) is 6.14. The first kappa shape index (κ1) is 16.6. The predicted octanol–water partition coefficient (Wildman–Crippen LogP) is 3.85. The first-order chi connectivity index (χ1) is 9.84. The molecule has 0 bridgehead atoms. The lowest BCUT2D eigenvalue weighted by atomic mass is 10.2. The maximum atomic E-state index is 12.6. The van der Waals surface area contributed by atoms with Crippen LogP contribution in [0.15, 0.2) is 35.2 Å². The summed E-state index contributed by atoms with van der Waals surface area (Å²) in [6.07, 6.45) is 0. The van der Waals surface area contributed by atoms with Crippen LogP contribution >= 0.6 is 34.5 Å². The molecule has 2 aromatic rings. The highest BCUT2D eigenvalue weighted by molar-refractivity contribution is 7.89. The average Bonchev–Trinajstić information content (AvgIpc) is 2.75. The van der Waals surface area contributed by atoms with E-state index in [0.717, 1.165) is 16.9 Å². The molecule has 0 saturated heterocycles. The number of nitrogen functional groups attached to an aromatic ring is 1. The number of thiophene rings is 1. The molecule has 0 aliphatic rings. The number of hydrogen-bond donors (Lipinski definition) is 1. The summed E-state index contributed by atoms with van der Waals surface area (Å²) >= 11 is 12.8. The number of benzene rings is 1. The van der Waals surface area contributed by atoms with Gasteiger partial charge in [0.15, 0.2) is 0 Å². The van der Waals surface area contributed by atoms with Crippen molar-refractivity contribution in [2.75, 3.05) is 12.3 Å². The zero-order chi connectivity index (χ0) is 15.6. The molecule has 1 heterocycles. The van der Waals surface area contributed by atoms with Gasteiger partial charge < -0.3 is 5.73 Å². The summed E-state index contributed by atoms with van der Waals surface area (Å²) in [6.45, 7) is 2.32. The third kappa shape index (κ3) is 3.70. The molecule has 0 spiro atoms. The van der Waals surface area contributed by atoms with Crippen LogP contribution in [0.2, 0.25) is 8.67 Å². The summed E-state index contributed by atoms with van der Waals surface area (Å²) in [5.74, 6) is 0. The molecular weight excluding hydrogens is 351 g/mol. The Balaban J connectivity index is 2.34. The van der Waals surface area contributed by atoms with Gasteiger partial charge in [0.2, 0.25) is 10.0 Å². The fourth-order valence-electron chi connectivity index (χ4n) is 1.90. The van der Waals surface area contributed by atoms with Crippen molar-refractivity contribution in [1.29, 1.82) is 0 Å². The lowest BCUT2D eigenvalue weighted by Gasteiger charge is -2.20. The van der Waals surface area contributed by atoms with Crippen LogP contribution < -0.4 is 5.73 Å². The fourth-order valence-corrected chi connectivity index (χ4v) is 5.45. The fraction of sp³-hybridized carbons (Fsp3) is 0.231. The number of anilines is 1. The van der Waals surface area contributed by atoms with E-state index in [0.29, 0.717) is 16.6 Å². The molecule has 0 aliphatic carbocycles. The number of halogens is 2. The molecule has 8 heteroatoms. The Bertz CT molecular complexity index is 744.